The standard InChI is InChI=1S/C16H16N4OS/c21-16(5-1-3-14-4-2-10-22-14)19-13-6-7-15(18-11-13)20-9-8-17-12-20/h2,4,6-12H,1,3,5H2,(H,19,21). The first-order chi connectivity index (χ1) is 10.8. The quantitative estimate of drug-likeness (QED) is 0.760. The molecule has 1 N–H and O–H groups in total. The molecule has 0 aliphatic carbocycles. The van der Waals surface area contributed by atoms with Crippen LogP contribution in [0.2, 0.25) is 0 Å². The fourth-order valence-corrected chi connectivity index (χ4v) is 2.86. The maximum Gasteiger partial charge on any atom is 0.224 e. The zero-order valence-corrected chi connectivity index (χ0v) is 12.8. The lowest BCUT2D eigenvalue weighted by Gasteiger charge is -2.06. The molecule has 0 unspecified atom stereocenters. The van der Waals surface area contributed by atoms with Gasteiger partial charge in [0.1, 0.15) is 12.1 Å². The Kier molecular flexibility index (Phi) is 4.60. The van der Waals surface area contributed by atoms with Gasteiger partial charge in [-0.2, -0.15) is 0 Å². The van der Waals surface area contributed by atoms with Crippen LogP contribution in [0.15, 0.2) is 54.6 Å². The van der Waals surface area contributed by atoms with E-state index in [0.717, 1.165) is 18.7 Å². The molecule has 5 nitrogen and oxygen atoms in total. The number of hydrogen-bond acceptors (Lipinski definition) is 4. The Morgan fingerprint density at radius 2 is 2.27 bits per heavy atom. The number of nitrogens with zero attached hydrogens (tertiary/aromatic N) is 3. The topological polar surface area (TPSA) is 59.8 Å². The van der Waals surface area contributed by atoms with Gasteiger partial charge < -0.3 is 5.32 Å². The summed E-state index contributed by atoms with van der Waals surface area (Å²) in [4.78, 5) is 21.5. The Hall–Kier alpha value is -2.47. The summed E-state index contributed by atoms with van der Waals surface area (Å²) in [5.41, 5.74) is 0.713. The van der Waals surface area contributed by atoms with Gasteiger partial charge in [0.15, 0.2) is 0 Å². The van der Waals surface area contributed by atoms with Crippen LogP contribution in [0.3, 0.4) is 0 Å². The van der Waals surface area contributed by atoms with Gasteiger partial charge in [-0.05, 0) is 36.4 Å². The van der Waals surface area contributed by atoms with Gasteiger partial charge in [-0.3, -0.25) is 9.36 Å². The van der Waals surface area contributed by atoms with E-state index in [1.807, 2.05) is 29.0 Å². The number of hydrogen-bond donors (Lipinski definition) is 1. The minimum atomic E-state index is 0.0220. The van der Waals surface area contributed by atoms with E-state index in [0.29, 0.717) is 12.1 Å². The highest BCUT2D eigenvalue weighted by atomic mass is 32.1. The molecule has 0 aliphatic rings. The van der Waals surface area contributed by atoms with E-state index in [1.54, 1.807) is 30.1 Å². The number of pyridine rings is 1. The molecule has 6 heteroatoms. The van der Waals surface area contributed by atoms with Crippen molar-refractivity contribution in [2.45, 2.75) is 19.3 Å². The number of aryl methyl sites for hydroxylation is 1. The molecule has 3 aromatic rings. The van der Waals surface area contributed by atoms with E-state index in [4.69, 9.17) is 0 Å². The third kappa shape index (κ3) is 3.79. The van der Waals surface area contributed by atoms with Gasteiger partial charge >= 0.3 is 0 Å². The van der Waals surface area contributed by atoms with Gasteiger partial charge in [0.25, 0.3) is 0 Å². The molecule has 0 aliphatic heterocycles. The van der Waals surface area contributed by atoms with Crippen molar-refractivity contribution in [3.8, 4) is 5.82 Å². The van der Waals surface area contributed by atoms with Crippen molar-refractivity contribution in [3.05, 3.63) is 59.4 Å². The predicted molar refractivity (Wildman–Crippen MR) is 87.2 cm³/mol. The summed E-state index contributed by atoms with van der Waals surface area (Å²) in [6, 6.07) is 7.83. The van der Waals surface area contributed by atoms with Crippen LogP contribution in [0.5, 0.6) is 0 Å². The smallest absolute Gasteiger partial charge is 0.224 e. The lowest BCUT2D eigenvalue weighted by molar-refractivity contribution is -0.116. The molecular weight excluding hydrogens is 296 g/mol. The Labute approximate surface area is 132 Å². The number of amides is 1. The average molecular weight is 312 g/mol. The number of thiophene rings is 1. The van der Waals surface area contributed by atoms with E-state index >= 15 is 0 Å². The maximum absolute atomic E-state index is 11.9. The van der Waals surface area contributed by atoms with Gasteiger partial charge in [0, 0.05) is 23.7 Å². The zero-order valence-electron chi connectivity index (χ0n) is 12.0. The van der Waals surface area contributed by atoms with E-state index in [-0.39, 0.29) is 5.91 Å². The predicted octanol–water partition coefficient (Wildman–Crippen LogP) is 3.29. The first-order valence-electron chi connectivity index (χ1n) is 7.08. The second-order valence-corrected chi connectivity index (χ2v) is 5.89. The molecule has 1 amide bonds. The first kappa shape index (κ1) is 14.5. The molecule has 3 aromatic heterocycles. The van der Waals surface area contributed by atoms with Crippen LogP contribution >= 0.6 is 11.3 Å². The van der Waals surface area contributed by atoms with Gasteiger partial charge in [0.2, 0.25) is 5.91 Å². The van der Waals surface area contributed by atoms with Gasteiger partial charge in [0.05, 0.1) is 11.9 Å². The second-order valence-electron chi connectivity index (χ2n) is 4.86. The van der Waals surface area contributed by atoms with Crippen LogP contribution in [-0.2, 0) is 11.2 Å². The highest BCUT2D eigenvalue weighted by molar-refractivity contribution is 7.09. The largest absolute Gasteiger partial charge is 0.325 e. The summed E-state index contributed by atoms with van der Waals surface area (Å²) < 4.78 is 1.81. The monoisotopic (exact) mass is 312 g/mol. The van der Waals surface area contributed by atoms with Crippen molar-refractivity contribution in [1.29, 1.82) is 0 Å². The molecule has 0 saturated heterocycles. The van der Waals surface area contributed by atoms with Crippen molar-refractivity contribution in [3.63, 3.8) is 0 Å². The van der Waals surface area contributed by atoms with E-state index in [2.05, 4.69) is 26.7 Å². The molecule has 0 fully saturated rings. The van der Waals surface area contributed by atoms with Gasteiger partial charge in [-0.15, -0.1) is 11.3 Å². The third-order valence-electron chi connectivity index (χ3n) is 3.21. The number of aromatic nitrogens is 3. The summed E-state index contributed by atoms with van der Waals surface area (Å²) >= 11 is 1.73. The highest BCUT2D eigenvalue weighted by Gasteiger charge is 2.04. The fourth-order valence-electron chi connectivity index (χ4n) is 2.11. The molecule has 0 saturated carbocycles. The molecule has 0 radical (unpaired) electrons. The molecule has 0 spiro atoms. The fraction of sp³-hybridized carbons (Fsp3) is 0.188. The van der Waals surface area contributed by atoms with Crippen molar-refractivity contribution in [2.75, 3.05) is 5.32 Å². The van der Waals surface area contributed by atoms with Crippen LogP contribution in [0.25, 0.3) is 5.82 Å². The molecular formula is C16H16N4OS. The Bertz CT molecular complexity index is 705. The first-order valence-corrected chi connectivity index (χ1v) is 7.96. The molecule has 0 aromatic carbocycles. The van der Waals surface area contributed by atoms with E-state index in [9.17, 15) is 4.79 Å². The maximum atomic E-state index is 11.9. The van der Waals surface area contributed by atoms with Crippen LogP contribution in [0.1, 0.15) is 17.7 Å². The molecule has 3 rings (SSSR count). The van der Waals surface area contributed by atoms with Crippen molar-refractivity contribution in [1.82, 2.24) is 14.5 Å². The minimum absolute atomic E-state index is 0.0220. The molecule has 22 heavy (non-hydrogen) atoms. The normalized spacial score (nSPS) is 10.5. The summed E-state index contributed by atoms with van der Waals surface area (Å²) in [6.07, 6.45) is 9.19. The number of carbonyl (C=O) groups is 1. The van der Waals surface area contributed by atoms with Crippen LogP contribution in [0, 0.1) is 0 Å². The van der Waals surface area contributed by atoms with Crippen LogP contribution in [0.4, 0.5) is 5.69 Å². The molecule has 3 heterocycles. The van der Waals surface area contributed by atoms with Crippen molar-refractivity contribution >= 4 is 22.9 Å². The SMILES string of the molecule is O=C(CCCc1cccs1)Nc1ccc(-n2ccnc2)nc1. The molecule has 112 valence electrons. The van der Waals surface area contributed by atoms with Crippen LogP contribution in [-0.4, -0.2) is 20.4 Å². The summed E-state index contributed by atoms with van der Waals surface area (Å²) in [5, 5.41) is 4.93. The number of imidazole rings is 1. The van der Waals surface area contributed by atoms with Gasteiger partial charge in [-0.25, -0.2) is 9.97 Å². The van der Waals surface area contributed by atoms with Crippen molar-refractivity contribution < 1.29 is 4.79 Å². The highest BCUT2D eigenvalue weighted by Crippen LogP contribution is 2.13. The second kappa shape index (κ2) is 7.00. The molecule has 0 bridgehead atoms. The number of carbonyl (C=O) groups excluding carboxylic acids is 1. The number of anilines is 1. The lowest BCUT2D eigenvalue weighted by Crippen LogP contribution is -2.11. The van der Waals surface area contributed by atoms with E-state index in [1.165, 1.54) is 4.88 Å². The zero-order chi connectivity index (χ0) is 15.2. The summed E-state index contributed by atoms with van der Waals surface area (Å²) in [7, 11) is 0. The Morgan fingerprint density at radius 1 is 1.32 bits per heavy atom. The van der Waals surface area contributed by atoms with E-state index < -0.39 is 0 Å². The third-order valence-corrected chi connectivity index (χ3v) is 4.14. The average Bonchev–Trinajstić information content (AvgIpc) is 3.21. The summed E-state index contributed by atoms with van der Waals surface area (Å²) in [5.74, 6) is 0.793. The van der Waals surface area contributed by atoms with Gasteiger partial charge in [-0.1, -0.05) is 6.07 Å². The Morgan fingerprint density at radius 3 is 2.95 bits per heavy atom. The molecule has 0 atom stereocenters. The summed E-state index contributed by atoms with van der Waals surface area (Å²) in [6.45, 7) is 0. The Balaban J connectivity index is 1.49. The number of nitrogens with one attached hydrogen (secondary N) is 1. The van der Waals surface area contributed by atoms with Crippen molar-refractivity contribution in [2.24, 2.45) is 0 Å². The lowest BCUT2D eigenvalue weighted by atomic mass is 10.2. The van der Waals surface area contributed by atoms with Crippen LogP contribution < -0.4 is 5.32 Å². The number of rotatable bonds is 6. The minimum Gasteiger partial charge on any atom is -0.325 e.